The summed E-state index contributed by atoms with van der Waals surface area (Å²) >= 11 is 3.44. The van der Waals surface area contributed by atoms with Gasteiger partial charge in [0.25, 0.3) is 0 Å². The second-order valence-corrected chi connectivity index (χ2v) is 13.7. The first-order chi connectivity index (χ1) is 6.97. The normalized spacial score (nSPS) is 11.7. The molecule has 4 heteroatoms. The van der Waals surface area contributed by atoms with E-state index in [0.717, 1.165) is 4.47 Å². The lowest BCUT2D eigenvalue weighted by Gasteiger charge is -2.14. The summed E-state index contributed by atoms with van der Waals surface area (Å²) in [5.41, 5.74) is 0. The van der Waals surface area contributed by atoms with Gasteiger partial charge < -0.3 is 0 Å². The molecular formula is C11H17BrS2Si. The van der Waals surface area contributed by atoms with E-state index in [1.165, 1.54) is 16.7 Å². The minimum absolute atomic E-state index is 0.846. The van der Waals surface area contributed by atoms with Crippen molar-refractivity contribution in [3.8, 4) is 0 Å². The van der Waals surface area contributed by atoms with Crippen LogP contribution in [0.3, 0.4) is 0 Å². The monoisotopic (exact) mass is 320 g/mol. The van der Waals surface area contributed by atoms with Gasteiger partial charge in [-0.2, -0.15) is 0 Å². The van der Waals surface area contributed by atoms with Crippen molar-refractivity contribution in [2.45, 2.75) is 30.6 Å². The third-order valence-corrected chi connectivity index (χ3v) is 6.93. The lowest BCUT2D eigenvalue weighted by atomic mass is 10.4. The van der Waals surface area contributed by atoms with Crippen molar-refractivity contribution >= 4 is 45.6 Å². The van der Waals surface area contributed by atoms with Crippen LogP contribution in [0.5, 0.6) is 0 Å². The van der Waals surface area contributed by atoms with E-state index in [1.54, 1.807) is 0 Å². The number of rotatable bonds is 5. The van der Waals surface area contributed by atoms with Gasteiger partial charge in [-0.05, 0) is 30.3 Å². The van der Waals surface area contributed by atoms with Gasteiger partial charge in [0.2, 0.25) is 0 Å². The second kappa shape index (κ2) is 6.38. The highest BCUT2D eigenvalue weighted by atomic mass is 79.9. The molecule has 0 aliphatic rings. The molecule has 0 atom stereocenters. The highest BCUT2D eigenvalue weighted by Crippen LogP contribution is 2.33. The molecule has 0 amide bonds. The maximum absolute atomic E-state index is 3.44. The van der Waals surface area contributed by atoms with E-state index in [4.69, 9.17) is 0 Å². The Labute approximate surface area is 110 Å². The van der Waals surface area contributed by atoms with E-state index < -0.39 is 8.07 Å². The zero-order chi connectivity index (χ0) is 11.3. The van der Waals surface area contributed by atoms with Crippen LogP contribution in [-0.2, 0) is 0 Å². The molecule has 84 valence electrons. The van der Waals surface area contributed by atoms with Crippen LogP contribution >= 0.6 is 37.5 Å². The Morgan fingerprint density at radius 2 is 1.73 bits per heavy atom. The standard InChI is InChI=1S/C11H17BrS2Si/c1-15(2,3)9-8-13-14-11-6-4-10(12)5-7-11/h4-7H,8-9H2,1-3H3. The van der Waals surface area contributed by atoms with Gasteiger partial charge in [0, 0.05) is 23.2 Å². The predicted octanol–water partition coefficient (Wildman–Crippen LogP) is 5.53. The summed E-state index contributed by atoms with van der Waals surface area (Å²) in [4.78, 5) is 1.35. The summed E-state index contributed by atoms with van der Waals surface area (Å²) in [5, 5.41) is 0. The number of benzene rings is 1. The van der Waals surface area contributed by atoms with Crippen LogP contribution < -0.4 is 0 Å². The summed E-state index contributed by atoms with van der Waals surface area (Å²) in [5.74, 6) is 1.27. The topological polar surface area (TPSA) is 0 Å². The van der Waals surface area contributed by atoms with Crippen LogP contribution in [-0.4, -0.2) is 13.8 Å². The van der Waals surface area contributed by atoms with E-state index in [-0.39, 0.29) is 0 Å². The molecule has 0 spiro atoms. The predicted molar refractivity (Wildman–Crippen MR) is 80.6 cm³/mol. The quantitative estimate of drug-likeness (QED) is 0.397. The van der Waals surface area contributed by atoms with Crippen molar-refractivity contribution in [2.24, 2.45) is 0 Å². The Kier molecular flexibility index (Phi) is 5.82. The average molecular weight is 321 g/mol. The molecule has 0 saturated carbocycles. The van der Waals surface area contributed by atoms with Crippen LogP contribution in [0.25, 0.3) is 0 Å². The zero-order valence-electron chi connectivity index (χ0n) is 9.42. The minimum Gasteiger partial charge on any atom is -0.0892 e. The molecule has 0 nitrogen and oxygen atoms in total. The third-order valence-electron chi connectivity index (χ3n) is 1.90. The summed E-state index contributed by atoms with van der Waals surface area (Å²) in [6.45, 7) is 7.29. The fourth-order valence-electron chi connectivity index (χ4n) is 0.948. The van der Waals surface area contributed by atoms with Crippen molar-refractivity contribution < 1.29 is 0 Å². The molecule has 0 heterocycles. The van der Waals surface area contributed by atoms with Gasteiger partial charge in [-0.25, -0.2) is 0 Å². The molecule has 0 saturated heterocycles. The Morgan fingerprint density at radius 3 is 2.27 bits per heavy atom. The van der Waals surface area contributed by atoms with Crippen LogP contribution in [0, 0.1) is 0 Å². The molecule has 1 aromatic rings. The van der Waals surface area contributed by atoms with E-state index in [9.17, 15) is 0 Å². The Hall–Kier alpha value is 0.617. The zero-order valence-corrected chi connectivity index (χ0v) is 13.6. The first-order valence-electron chi connectivity index (χ1n) is 5.02. The highest BCUT2D eigenvalue weighted by Gasteiger charge is 2.11. The molecule has 0 radical (unpaired) electrons. The lowest BCUT2D eigenvalue weighted by Crippen LogP contribution is -2.19. The summed E-state index contributed by atoms with van der Waals surface area (Å²) < 4.78 is 1.15. The molecule has 0 aliphatic heterocycles. The van der Waals surface area contributed by atoms with Gasteiger partial charge in [0.05, 0.1) is 0 Å². The first kappa shape index (κ1) is 13.7. The molecule has 15 heavy (non-hydrogen) atoms. The molecule has 0 bridgehead atoms. The van der Waals surface area contributed by atoms with Gasteiger partial charge in [-0.15, -0.1) is 0 Å². The fourth-order valence-corrected chi connectivity index (χ4v) is 6.20. The Morgan fingerprint density at radius 1 is 1.13 bits per heavy atom. The molecule has 0 aromatic heterocycles. The van der Waals surface area contributed by atoms with Gasteiger partial charge >= 0.3 is 0 Å². The SMILES string of the molecule is C[Si](C)(C)CCSSc1ccc(Br)cc1. The van der Waals surface area contributed by atoms with Crippen LogP contribution in [0.4, 0.5) is 0 Å². The molecule has 1 rings (SSSR count). The van der Waals surface area contributed by atoms with E-state index in [0.29, 0.717) is 0 Å². The third kappa shape index (κ3) is 6.71. The van der Waals surface area contributed by atoms with E-state index in [2.05, 4.69) is 59.8 Å². The van der Waals surface area contributed by atoms with Gasteiger partial charge in [-0.1, -0.05) is 57.2 Å². The van der Waals surface area contributed by atoms with Crippen molar-refractivity contribution in [2.75, 3.05) is 5.75 Å². The van der Waals surface area contributed by atoms with Crippen molar-refractivity contribution in [3.05, 3.63) is 28.7 Å². The second-order valence-electron chi connectivity index (χ2n) is 4.67. The molecule has 0 aliphatic carbocycles. The van der Waals surface area contributed by atoms with Crippen LogP contribution in [0.15, 0.2) is 33.6 Å². The maximum atomic E-state index is 3.44. The van der Waals surface area contributed by atoms with E-state index >= 15 is 0 Å². The fraction of sp³-hybridized carbons (Fsp3) is 0.455. The van der Waals surface area contributed by atoms with Crippen LogP contribution in [0.2, 0.25) is 25.7 Å². The minimum atomic E-state index is -0.846. The molecular weight excluding hydrogens is 304 g/mol. The van der Waals surface area contributed by atoms with Crippen molar-refractivity contribution in [3.63, 3.8) is 0 Å². The van der Waals surface area contributed by atoms with E-state index in [1.807, 2.05) is 21.6 Å². The van der Waals surface area contributed by atoms with Gasteiger partial charge in [0.15, 0.2) is 0 Å². The van der Waals surface area contributed by atoms with Crippen LogP contribution in [0.1, 0.15) is 0 Å². The summed E-state index contributed by atoms with van der Waals surface area (Å²) in [6.07, 6.45) is 0. The highest BCUT2D eigenvalue weighted by molar-refractivity contribution is 9.10. The number of hydrogen-bond donors (Lipinski definition) is 0. The largest absolute Gasteiger partial charge is 0.0892 e. The summed E-state index contributed by atoms with van der Waals surface area (Å²) in [7, 11) is 3.02. The van der Waals surface area contributed by atoms with Crippen molar-refractivity contribution in [1.29, 1.82) is 0 Å². The van der Waals surface area contributed by atoms with Gasteiger partial charge in [0.1, 0.15) is 0 Å². The lowest BCUT2D eigenvalue weighted by molar-refractivity contribution is 1.38. The molecule has 1 aromatic carbocycles. The number of hydrogen-bond acceptors (Lipinski definition) is 2. The van der Waals surface area contributed by atoms with Gasteiger partial charge in [-0.3, -0.25) is 0 Å². The molecule has 0 N–H and O–H groups in total. The average Bonchev–Trinajstić information content (AvgIpc) is 2.14. The number of halogens is 1. The Bertz CT molecular complexity index is 292. The smallest absolute Gasteiger partial charge is 0.0451 e. The summed E-state index contributed by atoms with van der Waals surface area (Å²) in [6, 6.07) is 9.93. The maximum Gasteiger partial charge on any atom is 0.0451 e. The first-order valence-corrected chi connectivity index (χ1v) is 11.8. The van der Waals surface area contributed by atoms with Crippen molar-refractivity contribution in [1.82, 2.24) is 0 Å². The molecule has 0 fully saturated rings. The molecule has 0 unspecified atom stereocenters. The Balaban J connectivity index is 2.23.